The van der Waals surface area contributed by atoms with Crippen molar-refractivity contribution in [1.82, 2.24) is 9.97 Å². The molecule has 0 amide bonds. The molecule has 0 aliphatic heterocycles. The average molecular weight is 677 g/mol. The van der Waals surface area contributed by atoms with Gasteiger partial charge in [0, 0.05) is 20.9 Å². The Morgan fingerprint density at radius 1 is 0.526 bits per heavy atom. The number of nitrogens with zero attached hydrogens (tertiary/aromatic N) is 2. The maximum Gasteiger partial charge on any atom is 0.0983 e. The first-order valence-corrected chi connectivity index (χ1v) is 17.7. The molecule has 0 saturated carbocycles. The quantitative estimate of drug-likeness (QED) is 0.110. The van der Waals surface area contributed by atoms with Crippen molar-refractivity contribution in [2.24, 2.45) is 0 Å². The SMILES string of the molecule is CCCCCCCCc1nc2c(-c3ccc(Br)s3)ccc(-c3ccc(Br)s3)c2nc1CCCCCCCC. The van der Waals surface area contributed by atoms with Crippen LogP contribution in [0.2, 0.25) is 0 Å². The molecule has 0 radical (unpaired) electrons. The van der Waals surface area contributed by atoms with Crippen molar-refractivity contribution in [3.8, 4) is 20.9 Å². The smallest absolute Gasteiger partial charge is 0.0983 e. The predicted octanol–water partition coefficient (Wildman–Crippen LogP) is 12.4. The molecule has 2 nitrogen and oxygen atoms in total. The van der Waals surface area contributed by atoms with Gasteiger partial charge in [-0.3, -0.25) is 0 Å². The first-order valence-electron chi connectivity index (χ1n) is 14.4. The van der Waals surface area contributed by atoms with Crippen molar-refractivity contribution < 1.29 is 0 Å². The Bertz CT molecular complexity index is 1200. The Hall–Kier alpha value is -1.08. The van der Waals surface area contributed by atoms with E-state index in [1.165, 1.54) is 109 Å². The molecule has 0 aliphatic rings. The fraction of sp³-hybridized carbons (Fsp3) is 0.500. The molecule has 0 atom stereocenters. The maximum absolute atomic E-state index is 5.44. The van der Waals surface area contributed by atoms with Gasteiger partial charge in [-0.2, -0.15) is 0 Å². The highest BCUT2D eigenvalue weighted by molar-refractivity contribution is 9.11. The van der Waals surface area contributed by atoms with Gasteiger partial charge >= 0.3 is 0 Å². The van der Waals surface area contributed by atoms with E-state index in [0.717, 1.165) is 31.4 Å². The second-order valence-corrected chi connectivity index (χ2v) is 15.1. The third kappa shape index (κ3) is 8.22. The van der Waals surface area contributed by atoms with E-state index >= 15 is 0 Å². The molecule has 0 fully saturated rings. The molecular weight excluding hydrogens is 636 g/mol. The number of benzene rings is 1. The summed E-state index contributed by atoms with van der Waals surface area (Å²) in [6.07, 6.45) is 17.7. The van der Waals surface area contributed by atoms with Crippen molar-refractivity contribution in [2.75, 3.05) is 0 Å². The number of hydrogen-bond donors (Lipinski definition) is 0. The maximum atomic E-state index is 5.44. The number of aryl methyl sites for hydroxylation is 2. The minimum absolute atomic E-state index is 1.03. The van der Waals surface area contributed by atoms with E-state index in [1.54, 1.807) is 22.7 Å². The normalized spacial score (nSPS) is 11.6. The molecule has 204 valence electrons. The zero-order valence-corrected chi connectivity index (χ0v) is 27.6. The van der Waals surface area contributed by atoms with E-state index in [9.17, 15) is 0 Å². The Morgan fingerprint density at radius 2 is 0.921 bits per heavy atom. The third-order valence-electron chi connectivity index (χ3n) is 7.19. The molecule has 1 aromatic carbocycles. The van der Waals surface area contributed by atoms with Crippen molar-refractivity contribution in [3.63, 3.8) is 0 Å². The minimum atomic E-state index is 1.03. The van der Waals surface area contributed by atoms with Crippen molar-refractivity contribution in [3.05, 3.63) is 55.4 Å². The number of aromatic nitrogens is 2. The molecule has 0 saturated heterocycles. The first kappa shape index (κ1) is 29.9. The topological polar surface area (TPSA) is 25.8 Å². The summed E-state index contributed by atoms with van der Waals surface area (Å²) in [5.74, 6) is 0. The zero-order chi connectivity index (χ0) is 26.7. The summed E-state index contributed by atoms with van der Waals surface area (Å²) in [5, 5.41) is 0. The van der Waals surface area contributed by atoms with Crippen LogP contribution in [0.4, 0.5) is 0 Å². The molecular formula is C32H40Br2N2S2. The second-order valence-electron chi connectivity index (χ2n) is 10.2. The van der Waals surface area contributed by atoms with Gasteiger partial charge in [-0.05, 0) is 81.8 Å². The molecule has 0 bridgehead atoms. The predicted molar refractivity (Wildman–Crippen MR) is 176 cm³/mol. The lowest BCUT2D eigenvalue weighted by molar-refractivity contribution is 0.593. The van der Waals surface area contributed by atoms with Crippen LogP contribution in [0.15, 0.2) is 44.0 Å². The van der Waals surface area contributed by atoms with E-state index in [0.29, 0.717) is 0 Å². The van der Waals surface area contributed by atoms with Crippen LogP contribution in [-0.2, 0) is 12.8 Å². The Balaban J connectivity index is 1.70. The van der Waals surface area contributed by atoms with Crippen LogP contribution in [0.25, 0.3) is 31.9 Å². The van der Waals surface area contributed by atoms with Crippen molar-refractivity contribution in [1.29, 1.82) is 0 Å². The third-order valence-corrected chi connectivity index (χ3v) is 10.5. The van der Waals surface area contributed by atoms with Crippen LogP contribution in [0.1, 0.15) is 102 Å². The molecule has 6 heteroatoms. The Morgan fingerprint density at radius 3 is 1.29 bits per heavy atom. The van der Waals surface area contributed by atoms with Crippen LogP contribution in [0.3, 0.4) is 0 Å². The van der Waals surface area contributed by atoms with Gasteiger partial charge < -0.3 is 0 Å². The summed E-state index contributed by atoms with van der Waals surface area (Å²) < 4.78 is 2.29. The molecule has 0 spiro atoms. The molecule has 0 aliphatic carbocycles. The van der Waals surface area contributed by atoms with Crippen LogP contribution in [0.5, 0.6) is 0 Å². The van der Waals surface area contributed by atoms with Crippen LogP contribution in [0, 0.1) is 0 Å². The lowest BCUT2D eigenvalue weighted by atomic mass is 10.0. The first-order chi connectivity index (χ1) is 18.6. The van der Waals surface area contributed by atoms with Gasteiger partial charge in [0.05, 0.1) is 30.0 Å². The molecule has 3 aromatic heterocycles. The Labute approximate surface area is 254 Å². The second kappa shape index (κ2) is 15.6. The molecule has 0 N–H and O–H groups in total. The molecule has 0 unspecified atom stereocenters. The number of thiophene rings is 2. The van der Waals surface area contributed by atoms with Gasteiger partial charge in [-0.15, -0.1) is 22.7 Å². The highest BCUT2D eigenvalue weighted by atomic mass is 79.9. The minimum Gasteiger partial charge on any atom is -0.249 e. The highest BCUT2D eigenvalue weighted by Gasteiger charge is 2.18. The summed E-state index contributed by atoms with van der Waals surface area (Å²) in [6, 6.07) is 13.2. The Kier molecular flexibility index (Phi) is 12.3. The highest BCUT2D eigenvalue weighted by Crippen LogP contribution is 2.41. The van der Waals surface area contributed by atoms with Gasteiger partial charge in [-0.1, -0.05) is 90.2 Å². The summed E-state index contributed by atoms with van der Waals surface area (Å²) in [4.78, 5) is 13.4. The summed E-state index contributed by atoms with van der Waals surface area (Å²) >= 11 is 10.9. The number of rotatable bonds is 16. The summed E-state index contributed by atoms with van der Waals surface area (Å²) in [6.45, 7) is 4.57. The van der Waals surface area contributed by atoms with Gasteiger partial charge in [-0.25, -0.2) is 9.97 Å². The summed E-state index contributed by atoms with van der Waals surface area (Å²) in [5.41, 5.74) is 6.93. The molecule has 4 rings (SSSR count). The number of halogens is 2. The van der Waals surface area contributed by atoms with Crippen LogP contribution in [-0.4, -0.2) is 9.97 Å². The lowest BCUT2D eigenvalue weighted by Gasteiger charge is -2.14. The fourth-order valence-corrected chi connectivity index (χ4v) is 7.89. The van der Waals surface area contributed by atoms with Crippen molar-refractivity contribution in [2.45, 2.75) is 104 Å². The van der Waals surface area contributed by atoms with Gasteiger partial charge in [0.1, 0.15) is 0 Å². The summed E-state index contributed by atoms with van der Waals surface area (Å²) in [7, 11) is 0. The van der Waals surface area contributed by atoms with Gasteiger partial charge in [0.15, 0.2) is 0 Å². The van der Waals surface area contributed by atoms with E-state index in [-0.39, 0.29) is 0 Å². The van der Waals surface area contributed by atoms with E-state index in [4.69, 9.17) is 9.97 Å². The largest absolute Gasteiger partial charge is 0.249 e. The van der Waals surface area contributed by atoms with Crippen LogP contribution >= 0.6 is 54.5 Å². The van der Waals surface area contributed by atoms with E-state index in [1.807, 2.05) is 0 Å². The number of fused-ring (bicyclic) bond motifs is 1. The van der Waals surface area contributed by atoms with Crippen molar-refractivity contribution >= 4 is 65.6 Å². The standard InChI is InChI=1S/C32H40Br2N2S2/c1-3-5-7-9-11-13-15-25-26(16-14-12-10-8-6-4-2)36-32-24(28-20-22-30(34)38-28)18-17-23(31(32)35-25)27-19-21-29(33)37-27/h17-22H,3-16H2,1-2H3. The van der Waals surface area contributed by atoms with Crippen LogP contribution < -0.4 is 0 Å². The van der Waals surface area contributed by atoms with E-state index < -0.39 is 0 Å². The van der Waals surface area contributed by atoms with E-state index in [2.05, 4.69) is 82.1 Å². The molecule has 3 heterocycles. The van der Waals surface area contributed by atoms with Gasteiger partial charge in [0.25, 0.3) is 0 Å². The lowest BCUT2D eigenvalue weighted by Crippen LogP contribution is -2.05. The zero-order valence-electron chi connectivity index (χ0n) is 22.8. The number of unbranched alkanes of at least 4 members (excludes halogenated alkanes) is 10. The fourth-order valence-electron chi connectivity index (χ4n) is 5.07. The monoisotopic (exact) mass is 674 g/mol. The molecule has 4 aromatic rings. The number of hydrogen-bond acceptors (Lipinski definition) is 4. The molecule has 38 heavy (non-hydrogen) atoms. The average Bonchev–Trinajstić information content (AvgIpc) is 3.55. The van der Waals surface area contributed by atoms with Gasteiger partial charge in [0.2, 0.25) is 0 Å².